The first-order valence-corrected chi connectivity index (χ1v) is 7.67. The number of aromatic nitrogens is 2. The van der Waals surface area contributed by atoms with Gasteiger partial charge in [-0.05, 0) is 25.2 Å². The third-order valence-corrected chi connectivity index (χ3v) is 3.36. The minimum absolute atomic E-state index is 0.942. The molecule has 1 aliphatic rings. The highest BCUT2D eigenvalue weighted by atomic mass is 15.1. The van der Waals surface area contributed by atoms with Crippen LogP contribution in [0.1, 0.15) is 51.8 Å². The van der Waals surface area contributed by atoms with Gasteiger partial charge in [0.2, 0.25) is 0 Å². The fourth-order valence-corrected chi connectivity index (χ4v) is 2.08. The molecule has 19 heavy (non-hydrogen) atoms. The molecule has 0 aromatic carbocycles. The average Bonchev–Trinajstić information content (AvgIpc) is 3.21. The molecule has 0 unspecified atom stereocenters. The van der Waals surface area contributed by atoms with Crippen molar-refractivity contribution >= 4 is 11.6 Å². The summed E-state index contributed by atoms with van der Waals surface area (Å²) < 4.78 is 0. The lowest BCUT2D eigenvalue weighted by Gasteiger charge is -2.10. The van der Waals surface area contributed by atoms with Gasteiger partial charge in [-0.3, -0.25) is 0 Å². The van der Waals surface area contributed by atoms with Crippen LogP contribution >= 0.6 is 0 Å². The lowest BCUT2D eigenvalue weighted by atomic mass is 10.3. The van der Waals surface area contributed by atoms with Crippen LogP contribution in [0, 0.1) is 5.92 Å². The first-order valence-electron chi connectivity index (χ1n) is 7.67. The van der Waals surface area contributed by atoms with Gasteiger partial charge in [0.1, 0.15) is 17.5 Å². The predicted octanol–water partition coefficient (Wildman–Crippen LogP) is 3.46. The predicted molar refractivity (Wildman–Crippen MR) is 80.6 cm³/mol. The number of hydrogen-bond donors (Lipinski definition) is 2. The minimum Gasteiger partial charge on any atom is -0.370 e. The molecular formula is C15H26N4. The maximum Gasteiger partial charge on any atom is 0.133 e. The molecule has 106 valence electrons. The van der Waals surface area contributed by atoms with Gasteiger partial charge in [-0.1, -0.05) is 26.7 Å². The van der Waals surface area contributed by atoms with Crippen LogP contribution in [-0.2, 0) is 6.42 Å². The van der Waals surface area contributed by atoms with E-state index in [9.17, 15) is 0 Å². The molecule has 0 amide bonds. The van der Waals surface area contributed by atoms with Crippen molar-refractivity contribution in [2.24, 2.45) is 5.92 Å². The molecule has 2 N–H and O–H groups in total. The van der Waals surface area contributed by atoms with Gasteiger partial charge >= 0.3 is 0 Å². The second kappa shape index (κ2) is 7.31. The molecule has 1 aliphatic carbocycles. The molecular weight excluding hydrogens is 236 g/mol. The van der Waals surface area contributed by atoms with Crippen molar-refractivity contribution in [3.63, 3.8) is 0 Å². The second-order valence-electron chi connectivity index (χ2n) is 5.39. The van der Waals surface area contributed by atoms with Gasteiger partial charge in [0.05, 0.1) is 0 Å². The van der Waals surface area contributed by atoms with E-state index in [0.717, 1.165) is 55.7 Å². The summed E-state index contributed by atoms with van der Waals surface area (Å²) in [4.78, 5) is 9.14. The van der Waals surface area contributed by atoms with E-state index in [1.165, 1.54) is 19.3 Å². The number of rotatable bonds is 9. The standard InChI is InChI=1S/C15H26N4/c1-3-5-13-18-14(16-9-4-2)11-15(19-13)17-10-8-12-6-7-12/h11-12H,3-10H2,1-2H3,(H2,16,17,18,19). The molecule has 4 nitrogen and oxygen atoms in total. The molecule has 1 saturated carbocycles. The highest BCUT2D eigenvalue weighted by Gasteiger charge is 2.20. The average molecular weight is 262 g/mol. The molecule has 1 fully saturated rings. The van der Waals surface area contributed by atoms with Crippen LogP contribution in [-0.4, -0.2) is 23.1 Å². The number of aryl methyl sites for hydroxylation is 1. The van der Waals surface area contributed by atoms with Crippen LogP contribution in [0.2, 0.25) is 0 Å². The summed E-state index contributed by atoms with van der Waals surface area (Å²) in [6, 6.07) is 2.03. The maximum atomic E-state index is 4.59. The molecule has 0 spiro atoms. The van der Waals surface area contributed by atoms with Gasteiger partial charge in [-0.15, -0.1) is 0 Å². The van der Waals surface area contributed by atoms with Crippen molar-refractivity contribution in [3.05, 3.63) is 11.9 Å². The van der Waals surface area contributed by atoms with Crippen LogP contribution in [0.4, 0.5) is 11.6 Å². The molecule has 1 aromatic rings. The molecule has 4 heteroatoms. The molecule has 0 atom stereocenters. The van der Waals surface area contributed by atoms with E-state index in [1.807, 2.05) is 6.07 Å². The number of nitrogens with zero attached hydrogens (tertiary/aromatic N) is 2. The fourth-order valence-electron chi connectivity index (χ4n) is 2.08. The summed E-state index contributed by atoms with van der Waals surface area (Å²) in [7, 11) is 0. The van der Waals surface area contributed by atoms with E-state index in [-0.39, 0.29) is 0 Å². The van der Waals surface area contributed by atoms with Crippen LogP contribution in [0.15, 0.2) is 6.07 Å². The molecule has 0 bridgehead atoms. The second-order valence-corrected chi connectivity index (χ2v) is 5.39. The molecule has 0 saturated heterocycles. The van der Waals surface area contributed by atoms with E-state index in [2.05, 4.69) is 34.4 Å². The SMILES string of the molecule is CCCNc1cc(NCCC2CC2)nc(CCC)n1. The van der Waals surface area contributed by atoms with Gasteiger partial charge in [0.15, 0.2) is 0 Å². The normalized spacial score (nSPS) is 14.4. The Hall–Kier alpha value is -1.32. The van der Waals surface area contributed by atoms with E-state index in [0.29, 0.717) is 0 Å². The lowest BCUT2D eigenvalue weighted by Crippen LogP contribution is -2.10. The zero-order chi connectivity index (χ0) is 13.5. The third-order valence-electron chi connectivity index (χ3n) is 3.36. The molecule has 2 rings (SSSR count). The summed E-state index contributed by atoms with van der Waals surface area (Å²) in [5.74, 6) is 3.83. The largest absolute Gasteiger partial charge is 0.370 e. The van der Waals surface area contributed by atoms with E-state index < -0.39 is 0 Å². The van der Waals surface area contributed by atoms with Crippen molar-refractivity contribution in [3.8, 4) is 0 Å². The first kappa shape index (κ1) is 14.1. The van der Waals surface area contributed by atoms with Crippen molar-refractivity contribution in [1.82, 2.24) is 9.97 Å². The topological polar surface area (TPSA) is 49.8 Å². The highest BCUT2D eigenvalue weighted by molar-refractivity contribution is 5.47. The summed E-state index contributed by atoms with van der Waals surface area (Å²) in [5.41, 5.74) is 0. The Bertz CT molecular complexity index is 388. The van der Waals surface area contributed by atoms with Gasteiger partial charge in [-0.2, -0.15) is 0 Å². The zero-order valence-corrected chi connectivity index (χ0v) is 12.2. The Kier molecular flexibility index (Phi) is 5.43. The molecule has 1 heterocycles. The van der Waals surface area contributed by atoms with Gasteiger partial charge in [-0.25, -0.2) is 9.97 Å². The third kappa shape index (κ3) is 5.05. The van der Waals surface area contributed by atoms with Gasteiger partial charge < -0.3 is 10.6 Å². The number of hydrogen-bond acceptors (Lipinski definition) is 4. The Balaban J connectivity index is 1.94. The molecule has 0 aliphatic heterocycles. The number of anilines is 2. The smallest absolute Gasteiger partial charge is 0.133 e. The fraction of sp³-hybridized carbons (Fsp3) is 0.733. The quantitative estimate of drug-likeness (QED) is 0.715. The van der Waals surface area contributed by atoms with Gasteiger partial charge in [0.25, 0.3) is 0 Å². The van der Waals surface area contributed by atoms with Gasteiger partial charge in [0, 0.05) is 25.6 Å². The van der Waals surface area contributed by atoms with Crippen LogP contribution < -0.4 is 10.6 Å². The Morgan fingerprint density at radius 2 is 1.74 bits per heavy atom. The van der Waals surface area contributed by atoms with E-state index in [1.54, 1.807) is 0 Å². The van der Waals surface area contributed by atoms with E-state index >= 15 is 0 Å². The monoisotopic (exact) mass is 262 g/mol. The number of nitrogens with one attached hydrogen (secondary N) is 2. The van der Waals surface area contributed by atoms with E-state index in [4.69, 9.17) is 0 Å². The summed E-state index contributed by atoms with van der Waals surface area (Å²) in [6.45, 7) is 6.32. The zero-order valence-electron chi connectivity index (χ0n) is 12.2. The summed E-state index contributed by atoms with van der Waals surface area (Å²) in [6.07, 6.45) is 7.23. The lowest BCUT2D eigenvalue weighted by molar-refractivity contribution is 0.755. The van der Waals surface area contributed by atoms with Crippen LogP contribution in [0.25, 0.3) is 0 Å². The summed E-state index contributed by atoms with van der Waals surface area (Å²) in [5, 5.41) is 6.79. The van der Waals surface area contributed by atoms with Crippen molar-refractivity contribution < 1.29 is 0 Å². The Labute approximate surface area is 116 Å². The van der Waals surface area contributed by atoms with Crippen molar-refractivity contribution in [1.29, 1.82) is 0 Å². The Morgan fingerprint density at radius 3 is 2.32 bits per heavy atom. The van der Waals surface area contributed by atoms with Crippen molar-refractivity contribution in [2.75, 3.05) is 23.7 Å². The Morgan fingerprint density at radius 1 is 1.05 bits per heavy atom. The maximum absolute atomic E-state index is 4.59. The summed E-state index contributed by atoms with van der Waals surface area (Å²) >= 11 is 0. The highest BCUT2D eigenvalue weighted by Crippen LogP contribution is 2.32. The first-order chi connectivity index (χ1) is 9.31. The molecule has 1 aromatic heterocycles. The van der Waals surface area contributed by atoms with Crippen LogP contribution in [0.5, 0.6) is 0 Å². The van der Waals surface area contributed by atoms with Crippen LogP contribution in [0.3, 0.4) is 0 Å². The van der Waals surface area contributed by atoms with Crippen molar-refractivity contribution in [2.45, 2.75) is 52.4 Å². The minimum atomic E-state index is 0.942. The molecule has 0 radical (unpaired) electrons.